The molecule has 1 aromatic rings. The van der Waals surface area contributed by atoms with Gasteiger partial charge < -0.3 is 10.4 Å². The van der Waals surface area contributed by atoms with Crippen LogP contribution in [0.3, 0.4) is 0 Å². The fraction of sp³-hybridized carbons (Fsp3) is 0.273. The summed E-state index contributed by atoms with van der Waals surface area (Å²) in [4.78, 5) is 21.5. The molecular weight excluding hydrogens is 194 g/mol. The van der Waals surface area contributed by atoms with Gasteiger partial charge in [-0.3, -0.25) is 9.59 Å². The summed E-state index contributed by atoms with van der Waals surface area (Å²) >= 11 is 0. The van der Waals surface area contributed by atoms with Crippen LogP contribution in [0.5, 0.6) is 0 Å². The second-order valence-corrected chi connectivity index (χ2v) is 3.13. The normalized spacial score (nSPS) is 9.67. The van der Waals surface area contributed by atoms with Crippen molar-refractivity contribution in [1.82, 2.24) is 0 Å². The maximum atomic E-state index is 11.2. The summed E-state index contributed by atoms with van der Waals surface area (Å²) in [6, 6.07) is 7.34. The zero-order valence-corrected chi connectivity index (χ0v) is 8.49. The number of aliphatic carboxylic acids is 1. The first kappa shape index (κ1) is 11.2. The molecule has 15 heavy (non-hydrogen) atoms. The van der Waals surface area contributed by atoms with E-state index in [1.165, 1.54) is 0 Å². The van der Waals surface area contributed by atoms with Crippen molar-refractivity contribution in [3.8, 4) is 0 Å². The lowest BCUT2D eigenvalue weighted by Crippen LogP contribution is -2.16. The summed E-state index contributed by atoms with van der Waals surface area (Å²) in [5.74, 6) is -1.62. The third-order valence-corrected chi connectivity index (χ3v) is 1.98. The van der Waals surface area contributed by atoms with Gasteiger partial charge in [-0.05, 0) is 18.1 Å². The molecule has 0 saturated carbocycles. The highest BCUT2D eigenvalue weighted by Crippen LogP contribution is 2.15. The summed E-state index contributed by atoms with van der Waals surface area (Å²) in [5, 5.41) is 11.0. The van der Waals surface area contributed by atoms with Crippen LogP contribution in [0.15, 0.2) is 24.3 Å². The molecule has 80 valence electrons. The van der Waals surface area contributed by atoms with Crippen molar-refractivity contribution in [2.45, 2.75) is 19.8 Å². The van der Waals surface area contributed by atoms with E-state index >= 15 is 0 Å². The topological polar surface area (TPSA) is 66.4 Å². The number of carbonyl (C=O) groups is 2. The third kappa shape index (κ3) is 3.42. The molecule has 4 heteroatoms. The molecule has 4 nitrogen and oxygen atoms in total. The van der Waals surface area contributed by atoms with Gasteiger partial charge in [-0.15, -0.1) is 0 Å². The van der Waals surface area contributed by atoms with E-state index in [0.29, 0.717) is 5.69 Å². The Morgan fingerprint density at radius 3 is 2.60 bits per heavy atom. The molecule has 2 N–H and O–H groups in total. The van der Waals surface area contributed by atoms with Gasteiger partial charge in [0.25, 0.3) is 0 Å². The van der Waals surface area contributed by atoms with Crippen molar-refractivity contribution in [2.75, 3.05) is 5.32 Å². The number of benzene rings is 1. The molecule has 0 fully saturated rings. The predicted molar refractivity (Wildman–Crippen MR) is 56.7 cm³/mol. The summed E-state index contributed by atoms with van der Waals surface area (Å²) in [6.07, 6.45) is 0.293. The zero-order valence-electron chi connectivity index (χ0n) is 8.49. The standard InChI is InChI=1S/C11H13NO3/c1-2-8-5-3-4-6-9(8)12-10(13)7-11(14)15/h3-6H,2,7H2,1H3,(H,12,13)(H,14,15). The first-order valence-corrected chi connectivity index (χ1v) is 4.73. The van der Waals surface area contributed by atoms with E-state index in [9.17, 15) is 9.59 Å². The molecular formula is C11H13NO3. The molecule has 0 unspecified atom stereocenters. The quantitative estimate of drug-likeness (QED) is 0.738. The van der Waals surface area contributed by atoms with Crippen LogP contribution in [0.4, 0.5) is 5.69 Å². The Morgan fingerprint density at radius 1 is 1.33 bits per heavy atom. The van der Waals surface area contributed by atoms with Gasteiger partial charge in [0.05, 0.1) is 0 Å². The average Bonchev–Trinajstić information content (AvgIpc) is 2.17. The van der Waals surface area contributed by atoms with Gasteiger partial charge in [0.15, 0.2) is 0 Å². The number of hydrogen-bond acceptors (Lipinski definition) is 2. The van der Waals surface area contributed by atoms with E-state index < -0.39 is 18.3 Å². The Labute approximate surface area is 87.9 Å². The number of nitrogens with one attached hydrogen (secondary N) is 1. The van der Waals surface area contributed by atoms with Gasteiger partial charge in [0, 0.05) is 5.69 Å². The minimum absolute atomic E-state index is 0.497. The van der Waals surface area contributed by atoms with Crippen molar-refractivity contribution in [1.29, 1.82) is 0 Å². The first-order valence-electron chi connectivity index (χ1n) is 4.73. The van der Waals surface area contributed by atoms with Crippen LogP contribution >= 0.6 is 0 Å². The lowest BCUT2D eigenvalue weighted by Gasteiger charge is -2.08. The molecule has 1 amide bonds. The zero-order chi connectivity index (χ0) is 11.3. The highest BCUT2D eigenvalue weighted by Gasteiger charge is 2.08. The summed E-state index contributed by atoms with van der Waals surface area (Å²) in [6.45, 7) is 1.97. The number of carboxylic acid groups (broad SMARTS) is 1. The van der Waals surface area contributed by atoms with Crippen LogP contribution in [0, 0.1) is 0 Å². The van der Waals surface area contributed by atoms with Crippen molar-refractivity contribution in [2.24, 2.45) is 0 Å². The largest absolute Gasteiger partial charge is 0.481 e. The second kappa shape index (κ2) is 5.14. The molecule has 1 rings (SSSR count). The maximum Gasteiger partial charge on any atom is 0.312 e. The van der Waals surface area contributed by atoms with E-state index in [4.69, 9.17) is 5.11 Å². The lowest BCUT2D eigenvalue weighted by molar-refractivity contribution is -0.139. The highest BCUT2D eigenvalue weighted by molar-refractivity contribution is 6.01. The van der Waals surface area contributed by atoms with E-state index in [1.54, 1.807) is 12.1 Å². The lowest BCUT2D eigenvalue weighted by atomic mass is 10.1. The smallest absolute Gasteiger partial charge is 0.312 e. The summed E-state index contributed by atoms with van der Waals surface area (Å²) in [7, 11) is 0. The van der Waals surface area contributed by atoms with E-state index in [2.05, 4.69) is 5.32 Å². The number of para-hydroxylation sites is 1. The Bertz CT molecular complexity index is 374. The van der Waals surface area contributed by atoms with E-state index in [1.807, 2.05) is 19.1 Å². The Balaban J connectivity index is 2.71. The Hall–Kier alpha value is -1.84. The number of hydrogen-bond donors (Lipinski definition) is 2. The minimum Gasteiger partial charge on any atom is -0.481 e. The van der Waals surface area contributed by atoms with Gasteiger partial charge in [-0.25, -0.2) is 0 Å². The van der Waals surface area contributed by atoms with Crippen LogP contribution in [-0.2, 0) is 16.0 Å². The van der Waals surface area contributed by atoms with Crippen molar-refractivity contribution in [3.05, 3.63) is 29.8 Å². The fourth-order valence-corrected chi connectivity index (χ4v) is 1.28. The molecule has 1 aromatic carbocycles. The highest BCUT2D eigenvalue weighted by atomic mass is 16.4. The monoisotopic (exact) mass is 207 g/mol. The molecule has 0 atom stereocenters. The van der Waals surface area contributed by atoms with Gasteiger partial charge in [0.1, 0.15) is 6.42 Å². The summed E-state index contributed by atoms with van der Waals surface area (Å²) < 4.78 is 0. The van der Waals surface area contributed by atoms with Crippen LogP contribution in [0.25, 0.3) is 0 Å². The molecule has 0 radical (unpaired) electrons. The van der Waals surface area contributed by atoms with Crippen molar-refractivity contribution < 1.29 is 14.7 Å². The maximum absolute atomic E-state index is 11.2. The number of rotatable bonds is 4. The van der Waals surface area contributed by atoms with E-state index in [0.717, 1.165) is 12.0 Å². The minimum atomic E-state index is -1.12. The molecule has 0 aliphatic carbocycles. The summed E-state index contributed by atoms with van der Waals surface area (Å²) in [5.41, 5.74) is 1.68. The molecule has 0 saturated heterocycles. The molecule has 0 spiro atoms. The van der Waals surface area contributed by atoms with Crippen LogP contribution < -0.4 is 5.32 Å². The van der Waals surface area contributed by atoms with E-state index in [-0.39, 0.29) is 0 Å². The van der Waals surface area contributed by atoms with Crippen LogP contribution in [0.2, 0.25) is 0 Å². The SMILES string of the molecule is CCc1ccccc1NC(=O)CC(=O)O. The molecule has 0 aliphatic rings. The van der Waals surface area contributed by atoms with Crippen molar-refractivity contribution in [3.63, 3.8) is 0 Å². The van der Waals surface area contributed by atoms with Gasteiger partial charge in [-0.1, -0.05) is 25.1 Å². The Kier molecular flexibility index (Phi) is 3.85. The molecule has 0 aromatic heterocycles. The van der Waals surface area contributed by atoms with Crippen molar-refractivity contribution >= 4 is 17.6 Å². The fourth-order valence-electron chi connectivity index (χ4n) is 1.28. The van der Waals surface area contributed by atoms with Gasteiger partial charge in [-0.2, -0.15) is 0 Å². The average molecular weight is 207 g/mol. The van der Waals surface area contributed by atoms with Crippen LogP contribution in [0.1, 0.15) is 18.9 Å². The number of anilines is 1. The molecule has 0 heterocycles. The molecule has 0 aliphatic heterocycles. The Morgan fingerprint density at radius 2 is 2.00 bits per heavy atom. The number of amides is 1. The van der Waals surface area contributed by atoms with Gasteiger partial charge in [0.2, 0.25) is 5.91 Å². The number of carbonyl (C=O) groups excluding carboxylic acids is 1. The first-order chi connectivity index (χ1) is 7.13. The van der Waals surface area contributed by atoms with Gasteiger partial charge >= 0.3 is 5.97 Å². The van der Waals surface area contributed by atoms with Crippen LogP contribution in [-0.4, -0.2) is 17.0 Å². The predicted octanol–water partition coefficient (Wildman–Crippen LogP) is 1.66. The molecule has 0 bridgehead atoms. The third-order valence-electron chi connectivity index (χ3n) is 1.98. The number of aryl methyl sites for hydroxylation is 1. The second-order valence-electron chi connectivity index (χ2n) is 3.13. The number of carboxylic acids is 1.